The zero-order valence-corrected chi connectivity index (χ0v) is 13.9. The van der Waals surface area contributed by atoms with E-state index in [-0.39, 0.29) is 24.8 Å². The minimum Gasteiger partial charge on any atom is -0.305 e. The average Bonchev–Trinajstić information content (AvgIpc) is 2.52. The summed E-state index contributed by atoms with van der Waals surface area (Å²) in [6.45, 7) is 0. The molecule has 8 heteroatoms. The van der Waals surface area contributed by atoms with Crippen LogP contribution >= 0.6 is 0 Å². The van der Waals surface area contributed by atoms with E-state index < -0.39 is 21.3 Å². The van der Waals surface area contributed by atoms with Crippen LogP contribution in [0.15, 0.2) is 0 Å². The smallest absolute Gasteiger partial charge is 0.305 e. The van der Waals surface area contributed by atoms with Crippen molar-refractivity contribution in [2.24, 2.45) is 11.8 Å². The summed E-state index contributed by atoms with van der Waals surface area (Å²) >= 11 is 0. The van der Waals surface area contributed by atoms with Crippen molar-refractivity contribution < 1.29 is 26.5 Å². The predicted molar refractivity (Wildman–Crippen MR) is 81.8 cm³/mol. The average molecular weight is 353 g/mol. The van der Waals surface area contributed by atoms with Gasteiger partial charge >= 0.3 is 15.4 Å². The minimum atomic E-state index is -5.39. The molecule has 0 bridgehead atoms. The second-order valence-corrected chi connectivity index (χ2v) is 8.31. The topological polar surface area (TPSA) is 83.5 Å². The zero-order chi connectivity index (χ0) is 17.1. The Kier molecular flexibility index (Phi) is 6.13. The number of hydrogen-bond acceptors (Lipinski definition) is 4. The molecule has 134 valence electrons. The Morgan fingerprint density at radius 2 is 1.61 bits per heavy atom. The summed E-state index contributed by atoms with van der Waals surface area (Å²) in [6, 6.07) is -0.0608. The highest BCUT2D eigenvalue weighted by molar-refractivity contribution is 7.86. The van der Waals surface area contributed by atoms with Gasteiger partial charge in [-0.25, -0.2) is 0 Å². The van der Waals surface area contributed by atoms with Crippen molar-refractivity contribution in [3.63, 3.8) is 0 Å². The summed E-state index contributed by atoms with van der Waals surface area (Å²) in [6.07, 6.45) is 7.09. The molecule has 1 atom stereocenters. The summed E-state index contributed by atoms with van der Waals surface area (Å²) in [7, 11) is -5.39. The Morgan fingerprint density at radius 3 is 2.09 bits per heavy atom. The number of alkyl halides is 2. The van der Waals surface area contributed by atoms with Crippen LogP contribution in [0.4, 0.5) is 8.78 Å². The van der Waals surface area contributed by atoms with Crippen LogP contribution in [0.25, 0.3) is 0 Å². The highest BCUT2D eigenvalue weighted by Crippen LogP contribution is 2.42. The lowest BCUT2D eigenvalue weighted by molar-refractivity contribution is -0.111. The maximum atomic E-state index is 13.7. The van der Waals surface area contributed by atoms with Gasteiger partial charge in [0.2, 0.25) is 0 Å². The maximum absolute atomic E-state index is 13.7. The maximum Gasteiger partial charge on any atom is 0.372 e. The first-order chi connectivity index (χ1) is 10.8. The Balaban J connectivity index is 1.90. The van der Waals surface area contributed by atoms with Gasteiger partial charge in [0.25, 0.3) is 0 Å². The molecule has 2 aliphatic rings. The fourth-order valence-corrected chi connectivity index (χ4v) is 4.51. The van der Waals surface area contributed by atoms with E-state index in [1.54, 1.807) is 0 Å². The lowest BCUT2D eigenvalue weighted by atomic mass is 9.78. The van der Waals surface area contributed by atoms with Gasteiger partial charge in [-0.15, -0.1) is 0 Å². The largest absolute Gasteiger partial charge is 0.372 e. The first kappa shape index (κ1) is 18.7. The molecular formula is C15H25F2NO4S. The van der Waals surface area contributed by atoms with Crippen LogP contribution in [0.3, 0.4) is 0 Å². The van der Waals surface area contributed by atoms with E-state index in [0.717, 1.165) is 32.0 Å². The Bertz CT molecular complexity index is 498. The third-order valence-electron chi connectivity index (χ3n) is 5.28. The second kappa shape index (κ2) is 7.53. The molecule has 5 nitrogen and oxygen atoms in total. The van der Waals surface area contributed by atoms with E-state index in [1.165, 1.54) is 6.42 Å². The summed E-state index contributed by atoms with van der Waals surface area (Å²) in [5, 5.41) is -0.770. The van der Waals surface area contributed by atoms with Gasteiger partial charge in [0, 0.05) is 12.0 Å². The molecule has 23 heavy (non-hydrogen) atoms. The number of rotatable bonds is 6. The van der Waals surface area contributed by atoms with E-state index in [9.17, 15) is 22.0 Å². The van der Waals surface area contributed by atoms with Gasteiger partial charge in [0.1, 0.15) is 6.29 Å². The zero-order valence-electron chi connectivity index (χ0n) is 13.1. The van der Waals surface area contributed by atoms with Crippen LogP contribution in [0.5, 0.6) is 0 Å². The molecule has 0 aromatic rings. The van der Waals surface area contributed by atoms with Crippen molar-refractivity contribution in [3.8, 4) is 0 Å². The van der Waals surface area contributed by atoms with Crippen molar-refractivity contribution in [3.05, 3.63) is 0 Å². The third kappa shape index (κ3) is 4.48. The van der Waals surface area contributed by atoms with Crippen molar-refractivity contribution in [1.29, 1.82) is 0 Å². The van der Waals surface area contributed by atoms with Crippen LogP contribution < -0.4 is 5.32 Å². The van der Waals surface area contributed by atoms with Crippen LogP contribution in [0.1, 0.15) is 57.8 Å². The Labute approximate surface area is 136 Å². The molecule has 2 N–H and O–H groups in total. The third-order valence-corrected chi connectivity index (χ3v) is 6.30. The second-order valence-electron chi connectivity index (χ2n) is 6.81. The summed E-state index contributed by atoms with van der Waals surface area (Å²) in [5.74, 6) is -1.43. The summed E-state index contributed by atoms with van der Waals surface area (Å²) in [5.41, 5.74) is 0. The van der Waals surface area contributed by atoms with Gasteiger partial charge in [-0.2, -0.15) is 17.2 Å². The van der Waals surface area contributed by atoms with E-state index in [0.29, 0.717) is 18.9 Å². The fourth-order valence-electron chi connectivity index (χ4n) is 3.85. The molecule has 2 fully saturated rings. The summed E-state index contributed by atoms with van der Waals surface area (Å²) in [4.78, 5) is 11.4. The van der Waals surface area contributed by atoms with Gasteiger partial charge in [0.05, 0.1) is 6.04 Å². The highest BCUT2D eigenvalue weighted by atomic mass is 32.2. The molecule has 2 saturated carbocycles. The molecule has 0 amide bonds. The normalized spacial score (nSPS) is 29.2. The molecule has 2 aliphatic carbocycles. The molecule has 0 aromatic carbocycles. The van der Waals surface area contributed by atoms with Gasteiger partial charge in [-0.3, -0.25) is 4.55 Å². The quantitative estimate of drug-likeness (QED) is 0.567. The number of carbonyl (C=O) groups excluding carboxylic acids is 1. The lowest BCUT2D eigenvalue weighted by Crippen LogP contribution is -2.47. The molecule has 1 unspecified atom stereocenters. The van der Waals surface area contributed by atoms with Crippen molar-refractivity contribution >= 4 is 16.4 Å². The SMILES string of the molecule is O=CC(NC1CCCCC1)C1CCC(C(F)(F)S(=O)(=O)O)CC1. The van der Waals surface area contributed by atoms with Crippen LogP contribution in [-0.2, 0) is 14.9 Å². The highest BCUT2D eigenvalue weighted by Gasteiger charge is 2.52. The standard InChI is InChI=1S/C15H25F2NO4S/c16-15(17,23(20,21)22)12-8-6-11(7-9-12)14(10-19)18-13-4-2-1-3-5-13/h10-14,18H,1-9H2,(H,20,21,22). The van der Waals surface area contributed by atoms with Gasteiger partial charge in [-0.05, 0) is 44.4 Å². The Morgan fingerprint density at radius 1 is 1.04 bits per heavy atom. The molecule has 0 saturated heterocycles. The Hall–Kier alpha value is -0.600. The molecule has 0 heterocycles. The van der Waals surface area contributed by atoms with Crippen LogP contribution in [0.2, 0.25) is 0 Å². The summed E-state index contributed by atoms with van der Waals surface area (Å²) < 4.78 is 57.7. The minimum absolute atomic E-state index is 0.00581. The van der Waals surface area contributed by atoms with Gasteiger partial charge < -0.3 is 10.1 Å². The number of halogens is 2. The number of hydrogen-bond donors (Lipinski definition) is 2. The van der Waals surface area contributed by atoms with E-state index in [4.69, 9.17) is 4.55 Å². The van der Waals surface area contributed by atoms with E-state index in [2.05, 4.69) is 5.32 Å². The molecule has 0 aliphatic heterocycles. The van der Waals surface area contributed by atoms with E-state index >= 15 is 0 Å². The fraction of sp³-hybridized carbons (Fsp3) is 0.933. The van der Waals surface area contributed by atoms with Gasteiger partial charge in [0.15, 0.2) is 0 Å². The van der Waals surface area contributed by atoms with Crippen molar-refractivity contribution in [2.45, 2.75) is 75.1 Å². The van der Waals surface area contributed by atoms with E-state index in [1.807, 2.05) is 0 Å². The van der Waals surface area contributed by atoms with Crippen LogP contribution in [0, 0.1) is 11.8 Å². The number of aldehydes is 1. The number of nitrogens with one attached hydrogen (secondary N) is 1. The molecule has 0 aromatic heterocycles. The van der Waals surface area contributed by atoms with Crippen molar-refractivity contribution in [1.82, 2.24) is 5.32 Å². The first-order valence-electron chi connectivity index (χ1n) is 8.32. The monoisotopic (exact) mass is 353 g/mol. The molecule has 2 rings (SSSR count). The first-order valence-corrected chi connectivity index (χ1v) is 9.76. The lowest BCUT2D eigenvalue weighted by Gasteiger charge is -2.36. The molecule has 0 radical (unpaired) electrons. The number of carbonyl (C=O) groups is 1. The molecule has 0 spiro atoms. The predicted octanol–water partition coefficient (Wildman–Crippen LogP) is 2.76. The van der Waals surface area contributed by atoms with Crippen LogP contribution in [-0.4, -0.2) is 36.6 Å². The molecular weight excluding hydrogens is 328 g/mol. The van der Waals surface area contributed by atoms with Gasteiger partial charge in [-0.1, -0.05) is 19.3 Å². The van der Waals surface area contributed by atoms with Crippen molar-refractivity contribution in [2.75, 3.05) is 0 Å².